The first-order chi connectivity index (χ1) is 15.7. The molecule has 2 fully saturated rings. The second-order valence-corrected chi connectivity index (χ2v) is 11.1. The topological polar surface area (TPSA) is 89.9 Å². The summed E-state index contributed by atoms with van der Waals surface area (Å²) < 4.78 is 0.853. The third-order valence-electron chi connectivity index (χ3n) is 7.61. The van der Waals surface area contributed by atoms with Gasteiger partial charge in [0.15, 0.2) is 0 Å². The van der Waals surface area contributed by atoms with Gasteiger partial charge < -0.3 is 20.4 Å². The summed E-state index contributed by atoms with van der Waals surface area (Å²) in [5, 5.41) is 23.5. The Hall–Kier alpha value is -1.93. The molecule has 0 aromatic heterocycles. The smallest absolute Gasteiger partial charge is 0.237 e. The van der Waals surface area contributed by atoms with E-state index in [0.717, 1.165) is 34.1 Å². The molecule has 174 valence electrons. The third-order valence-corrected chi connectivity index (χ3v) is 8.34. The van der Waals surface area contributed by atoms with E-state index >= 15 is 0 Å². The Morgan fingerprint density at radius 3 is 2.67 bits per heavy atom. The lowest BCUT2D eigenvalue weighted by atomic mass is 9.56. The molecule has 1 spiro atoms. The van der Waals surface area contributed by atoms with Crippen molar-refractivity contribution in [3.8, 4) is 0 Å². The quantitative estimate of drug-likeness (QED) is 0.545. The van der Waals surface area contributed by atoms with Gasteiger partial charge in [0, 0.05) is 34.1 Å². The van der Waals surface area contributed by atoms with Crippen LogP contribution in [-0.4, -0.2) is 52.2 Å². The van der Waals surface area contributed by atoms with E-state index in [1.54, 1.807) is 11.0 Å². The van der Waals surface area contributed by atoms with E-state index in [-0.39, 0.29) is 30.2 Å². The summed E-state index contributed by atoms with van der Waals surface area (Å²) in [5.41, 5.74) is 1.10. The lowest BCUT2D eigenvalue weighted by Gasteiger charge is -2.54. The van der Waals surface area contributed by atoms with E-state index in [1.807, 2.05) is 36.4 Å². The average Bonchev–Trinajstić information content (AvgIpc) is 3.45. The van der Waals surface area contributed by atoms with Crippen LogP contribution in [0, 0.1) is 5.41 Å². The van der Waals surface area contributed by atoms with E-state index in [1.165, 1.54) is 0 Å². The zero-order valence-corrected chi connectivity index (χ0v) is 20.6. The van der Waals surface area contributed by atoms with Gasteiger partial charge in [-0.2, -0.15) is 0 Å². The van der Waals surface area contributed by atoms with Gasteiger partial charge in [-0.25, -0.2) is 0 Å². The van der Waals surface area contributed by atoms with Crippen molar-refractivity contribution < 1.29 is 19.8 Å². The number of carbonyl (C=O) groups is 2. The Labute approximate surface area is 206 Å². The summed E-state index contributed by atoms with van der Waals surface area (Å²) >= 11 is 9.85. The maximum absolute atomic E-state index is 14.1. The molecule has 5 rings (SSSR count). The molecule has 1 unspecified atom stereocenters. The SMILES string of the molecule is CC1([C@@H]2N(CC(O)CO)C(=O)C[C@H](c3cccc(Cl)c3)[C@@]23C(=O)Nc2cc(Br)ccc23)CC1. The molecule has 2 aromatic rings. The number of rotatable bonds is 5. The fourth-order valence-electron chi connectivity index (χ4n) is 5.97. The fraction of sp³-hybridized carbons (Fsp3) is 0.440. The molecule has 3 aliphatic rings. The molecule has 3 N–H and O–H groups in total. The van der Waals surface area contributed by atoms with Crippen LogP contribution in [0.2, 0.25) is 5.02 Å². The molecule has 2 amide bonds. The van der Waals surface area contributed by atoms with Crippen LogP contribution in [0.5, 0.6) is 0 Å². The Balaban J connectivity index is 1.78. The van der Waals surface area contributed by atoms with Gasteiger partial charge in [0.05, 0.1) is 18.8 Å². The number of nitrogens with one attached hydrogen (secondary N) is 1. The summed E-state index contributed by atoms with van der Waals surface area (Å²) in [6.07, 6.45) is 0.778. The maximum Gasteiger partial charge on any atom is 0.237 e. The first-order valence-electron chi connectivity index (χ1n) is 11.2. The predicted octanol–water partition coefficient (Wildman–Crippen LogP) is 3.83. The van der Waals surface area contributed by atoms with Crippen molar-refractivity contribution in [2.24, 2.45) is 5.41 Å². The molecule has 2 aromatic carbocycles. The number of carbonyl (C=O) groups excluding carboxylic acids is 2. The molecule has 1 saturated heterocycles. The molecular weight excluding hydrogens is 508 g/mol. The van der Waals surface area contributed by atoms with Crippen molar-refractivity contribution in [1.29, 1.82) is 0 Å². The number of hydrogen-bond acceptors (Lipinski definition) is 4. The van der Waals surface area contributed by atoms with Gasteiger partial charge in [0.2, 0.25) is 11.8 Å². The minimum Gasteiger partial charge on any atom is -0.394 e. The highest BCUT2D eigenvalue weighted by Crippen LogP contribution is 2.64. The number of aliphatic hydroxyl groups excluding tert-OH is 2. The maximum atomic E-state index is 14.1. The lowest BCUT2D eigenvalue weighted by molar-refractivity contribution is -0.151. The van der Waals surface area contributed by atoms with E-state index in [0.29, 0.717) is 5.02 Å². The number of piperidine rings is 1. The van der Waals surface area contributed by atoms with Crippen LogP contribution in [0.3, 0.4) is 0 Å². The highest BCUT2D eigenvalue weighted by molar-refractivity contribution is 9.10. The van der Waals surface area contributed by atoms with Gasteiger partial charge in [-0.05, 0) is 53.6 Å². The van der Waals surface area contributed by atoms with Gasteiger partial charge in [0.1, 0.15) is 5.41 Å². The molecule has 0 radical (unpaired) electrons. The Kier molecular flexibility index (Phi) is 5.59. The number of likely N-dealkylation sites (tertiary alicyclic amines) is 1. The summed E-state index contributed by atoms with van der Waals surface area (Å²) in [4.78, 5) is 29.3. The molecule has 1 saturated carbocycles. The van der Waals surface area contributed by atoms with Crippen molar-refractivity contribution in [1.82, 2.24) is 4.90 Å². The molecular formula is C25H26BrClN2O4. The standard InChI is InChI=1S/C25H26BrClN2O4/c1-24(7-8-24)22-25(18-6-5-15(26)10-20(18)28-23(25)33)19(14-3-2-4-16(27)9-14)11-21(32)29(22)12-17(31)13-30/h2-6,9-10,17,19,22,30-31H,7-8,11-13H2,1H3,(H,28,33)/t17?,19-,22+,25-/m1/s1. The Morgan fingerprint density at radius 2 is 2.00 bits per heavy atom. The number of halogens is 2. The summed E-state index contributed by atoms with van der Waals surface area (Å²) in [6.45, 7) is 1.64. The van der Waals surface area contributed by atoms with Crippen LogP contribution in [0.1, 0.15) is 43.2 Å². The molecule has 2 aliphatic heterocycles. The molecule has 2 heterocycles. The highest BCUT2D eigenvalue weighted by atomic mass is 79.9. The number of fused-ring (bicyclic) bond motifs is 2. The van der Waals surface area contributed by atoms with Crippen molar-refractivity contribution >= 4 is 45.0 Å². The van der Waals surface area contributed by atoms with Gasteiger partial charge in [-0.15, -0.1) is 0 Å². The number of hydrogen-bond donors (Lipinski definition) is 3. The van der Waals surface area contributed by atoms with Crippen LogP contribution in [0.4, 0.5) is 5.69 Å². The van der Waals surface area contributed by atoms with Crippen LogP contribution >= 0.6 is 27.5 Å². The molecule has 4 atom stereocenters. The van der Waals surface area contributed by atoms with E-state index < -0.39 is 30.1 Å². The van der Waals surface area contributed by atoms with Gasteiger partial charge >= 0.3 is 0 Å². The zero-order valence-electron chi connectivity index (χ0n) is 18.2. The Morgan fingerprint density at radius 1 is 1.24 bits per heavy atom. The van der Waals surface area contributed by atoms with Gasteiger partial charge in [-0.3, -0.25) is 9.59 Å². The van der Waals surface area contributed by atoms with Crippen molar-refractivity contribution in [2.45, 2.75) is 49.7 Å². The van der Waals surface area contributed by atoms with Crippen LogP contribution in [0.15, 0.2) is 46.9 Å². The highest BCUT2D eigenvalue weighted by Gasteiger charge is 2.69. The van der Waals surface area contributed by atoms with Crippen molar-refractivity contribution in [3.05, 3.63) is 63.1 Å². The fourth-order valence-corrected chi connectivity index (χ4v) is 6.53. The number of anilines is 1. The lowest BCUT2D eigenvalue weighted by Crippen LogP contribution is -2.67. The van der Waals surface area contributed by atoms with E-state index in [9.17, 15) is 19.8 Å². The van der Waals surface area contributed by atoms with Crippen LogP contribution in [-0.2, 0) is 15.0 Å². The van der Waals surface area contributed by atoms with Crippen LogP contribution in [0.25, 0.3) is 0 Å². The molecule has 33 heavy (non-hydrogen) atoms. The average molecular weight is 534 g/mol. The zero-order chi connectivity index (χ0) is 23.5. The third kappa shape index (κ3) is 3.52. The van der Waals surface area contributed by atoms with Gasteiger partial charge in [0.25, 0.3) is 0 Å². The van der Waals surface area contributed by atoms with E-state index in [4.69, 9.17) is 11.6 Å². The number of β-amino-alcohol motifs (C(OH)–C–C–N with tert-alkyl or cyclic N) is 1. The Bertz CT molecular complexity index is 1140. The minimum atomic E-state index is -1.08. The number of amides is 2. The predicted molar refractivity (Wildman–Crippen MR) is 129 cm³/mol. The summed E-state index contributed by atoms with van der Waals surface area (Å²) in [6, 6.07) is 12.7. The first kappa shape index (κ1) is 22.8. The molecule has 6 nitrogen and oxygen atoms in total. The first-order valence-corrected chi connectivity index (χ1v) is 12.3. The van der Waals surface area contributed by atoms with Crippen molar-refractivity contribution in [2.75, 3.05) is 18.5 Å². The second-order valence-electron chi connectivity index (χ2n) is 9.76. The van der Waals surface area contributed by atoms with Crippen molar-refractivity contribution in [3.63, 3.8) is 0 Å². The molecule has 1 aliphatic carbocycles. The molecule has 8 heteroatoms. The minimum absolute atomic E-state index is 0.0151. The second kappa shape index (κ2) is 8.08. The summed E-state index contributed by atoms with van der Waals surface area (Å²) in [5.74, 6) is -0.694. The van der Waals surface area contributed by atoms with Crippen LogP contribution < -0.4 is 5.32 Å². The monoisotopic (exact) mass is 532 g/mol. The van der Waals surface area contributed by atoms with Gasteiger partial charge in [-0.1, -0.05) is 52.7 Å². The molecule has 0 bridgehead atoms. The van der Waals surface area contributed by atoms with E-state index in [2.05, 4.69) is 28.2 Å². The number of aliphatic hydroxyl groups is 2. The number of benzene rings is 2. The normalized spacial score (nSPS) is 28.6. The summed E-state index contributed by atoms with van der Waals surface area (Å²) in [7, 11) is 0. The largest absolute Gasteiger partial charge is 0.394 e. The number of nitrogens with zero attached hydrogens (tertiary/aromatic N) is 1.